The van der Waals surface area contributed by atoms with E-state index in [1.807, 2.05) is 20.8 Å². The van der Waals surface area contributed by atoms with Gasteiger partial charge in [-0.2, -0.15) is 11.8 Å². The first-order valence-corrected chi connectivity index (χ1v) is 7.32. The van der Waals surface area contributed by atoms with Crippen LogP contribution in [0.5, 0.6) is 0 Å². The summed E-state index contributed by atoms with van der Waals surface area (Å²) in [6, 6.07) is 0. The standard InChI is InChI=1S/C13H23NO4S/c1-12(2,3)18-11(16)14-8-13(4,9-14)19-7-6-10(15)17-5/h6-9H2,1-5H3. The van der Waals surface area contributed by atoms with Crippen LogP contribution in [-0.2, 0) is 14.3 Å². The molecule has 1 aliphatic heterocycles. The molecular weight excluding hydrogens is 266 g/mol. The number of methoxy groups -OCH3 is 1. The van der Waals surface area contributed by atoms with Crippen LogP contribution < -0.4 is 0 Å². The minimum atomic E-state index is -0.457. The lowest BCUT2D eigenvalue weighted by atomic mass is 10.0. The predicted molar refractivity (Wildman–Crippen MR) is 75.3 cm³/mol. The minimum Gasteiger partial charge on any atom is -0.469 e. The first-order chi connectivity index (χ1) is 8.65. The van der Waals surface area contributed by atoms with E-state index in [1.54, 1.807) is 16.7 Å². The van der Waals surface area contributed by atoms with Crippen LogP contribution in [0.25, 0.3) is 0 Å². The molecule has 0 spiro atoms. The zero-order valence-corrected chi connectivity index (χ0v) is 13.1. The molecule has 0 saturated carbocycles. The van der Waals surface area contributed by atoms with Gasteiger partial charge in [0.25, 0.3) is 0 Å². The van der Waals surface area contributed by atoms with E-state index in [2.05, 4.69) is 11.7 Å². The third kappa shape index (κ3) is 5.30. The van der Waals surface area contributed by atoms with Crippen LogP contribution in [0.1, 0.15) is 34.1 Å². The van der Waals surface area contributed by atoms with Gasteiger partial charge in [-0.1, -0.05) is 0 Å². The van der Waals surface area contributed by atoms with Gasteiger partial charge in [0.2, 0.25) is 0 Å². The molecule has 6 heteroatoms. The zero-order chi connectivity index (χ0) is 14.7. The smallest absolute Gasteiger partial charge is 0.410 e. The van der Waals surface area contributed by atoms with E-state index >= 15 is 0 Å². The number of nitrogens with zero attached hydrogens (tertiary/aromatic N) is 1. The lowest BCUT2D eigenvalue weighted by molar-refractivity contribution is -0.140. The molecule has 1 heterocycles. The Morgan fingerprint density at radius 2 is 1.89 bits per heavy atom. The van der Waals surface area contributed by atoms with Crippen LogP contribution in [0.15, 0.2) is 0 Å². The summed E-state index contributed by atoms with van der Waals surface area (Å²) in [4.78, 5) is 24.5. The molecule has 1 saturated heterocycles. The van der Waals surface area contributed by atoms with E-state index in [1.165, 1.54) is 7.11 Å². The lowest BCUT2D eigenvalue weighted by Crippen LogP contribution is -2.60. The number of rotatable bonds is 4. The molecule has 0 N–H and O–H groups in total. The summed E-state index contributed by atoms with van der Waals surface area (Å²) >= 11 is 1.70. The fourth-order valence-electron chi connectivity index (χ4n) is 1.79. The summed E-state index contributed by atoms with van der Waals surface area (Å²) in [7, 11) is 1.39. The highest BCUT2D eigenvalue weighted by Gasteiger charge is 2.43. The molecule has 0 radical (unpaired) electrons. The molecule has 1 amide bonds. The largest absolute Gasteiger partial charge is 0.469 e. The highest BCUT2D eigenvalue weighted by Crippen LogP contribution is 2.35. The van der Waals surface area contributed by atoms with E-state index < -0.39 is 5.60 Å². The molecule has 110 valence electrons. The van der Waals surface area contributed by atoms with Gasteiger partial charge in [-0.25, -0.2) is 4.79 Å². The Hall–Kier alpha value is -0.910. The van der Waals surface area contributed by atoms with E-state index in [4.69, 9.17) is 4.74 Å². The van der Waals surface area contributed by atoms with Gasteiger partial charge < -0.3 is 14.4 Å². The molecule has 0 aromatic carbocycles. The molecule has 1 aliphatic rings. The van der Waals surface area contributed by atoms with Crippen LogP contribution in [0.4, 0.5) is 4.79 Å². The van der Waals surface area contributed by atoms with Crippen LogP contribution in [0.2, 0.25) is 0 Å². The van der Waals surface area contributed by atoms with E-state index in [0.717, 1.165) is 0 Å². The van der Waals surface area contributed by atoms with Gasteiger partial charge in [0.15, 0.2) is 0 Å². The minimum absolute atomic E-state index is 0.0188. The number of likely N-dealkylation sites (tertiary alicyclic amines) is 1. The molecule has 0 atom stereocenters. The van der Waals surface area contributed by atoms with Gasteiger partial charge in [-0.3, -0.25) is 4.79 Å². The number of esters is 1. The summed E-state index contributed by atoms with van der Waals surface area (Å²) in [5, 5.41) is 0. The fourth-order valence-corrected chi connectivity index (χ4v) is 3.05. The number of hydrogen-bond acceptors (Lipinski definition) is 5. The van der Waals surface area contributed by atoms with Gasteiger partial charge >= 0.3 is 12.1 Å². The monoisotopic (exact) mass is 289 g/mol. The van der Waals surface area contributed by atoms with Crippen molar-refractivity contribution < 1.29 is 19.1 Å². The Labute approximate surface area is 119 Å². The first-order valence-electron chi connectivity index (χ1n) is 6.34. The van der Waals surface area contributed by atoms with Crippen LogP contribution in [-0.4, -0.2) is 53.3 Å². The lowest BCUT2D eigenvalue weighted by Gasteiger charge is -2.47. The number of carbonyl (C=O) groups is 2. The normalized spacial score (nSPS) is 17.6. The van der Waals surface area contributed by atoms with Crippen molar-refractivity contribution in [2.45, 2.75) is 44.5 Å². The van der Waals surface area contributed by atoms with Crippen LogP contribution in [0, 0.1) is 0 Å². The summed E-state index contributed by atoms with van der Waals surface area (Å²) in [5.74, 6) is 0.519. The number of thioether (sulfide) groups is 1. The molecule has 0 unspecified atom stereocenters. The van der Waals surface area contributed by atoms with Crippen molar-refractivity contribution in [1.82, 2.24) is 4.90 Å². The Morgan fingerprint density at radius 1 is 1.32 bits per heavy atom. The molecule has 1 fully saturated rings. The van der Waals surface area contributed by atoms with Gasteiger partial charge in [0.05, 0.1) is 13.5 Å². The maximum atomic E-state index is 11.8. The summed E-state index contributed by atoms with van der Waals surface area (Å²) in [6.07, 6.45) is 0.141. The zero-order valence-electron chi connectivity index (χ0n) is 12.3. The third-order valence-electron chi connectivity index (χ3n) is 2.69. The molecule has 5 nitrogen and oxygen atoms in total. The Balaban J connectivity index is 2.27. The van der Waals surface area contributed by atoms with Gasteiger partial charge in [-0.05, 0) is 27.7 Å². The topological polar surface area (TPSA) is 55.8 Å². The van der Waals surface area contributed by atoms with Crippen molar-refractivity contribution in [3.05, 3.63) is 0 Å². The number of carbonyl (C=O) groups excluding carboxylic acids is 2. The van der Waals surface area contributed by atoms with Crippen molar-refractivity contribution in [2.24, 2.45) is 0 Å². The van der Waals surface area contributed by atoms with Crippen molar-refractivity contribution in [2.75, 3.05) is 26.0 Å². The van der Waals surface area contributed by atoms with E-state index in [9.17, 15) is 9.59 Å². The van der Waals surface area contributed by atoms with Crippen molar-refractivity contribution >= 4 is 23.8 Å². The average molecular weight is 289 g/mol. The second kappa shape index (κ2) is 6.03. The second-order valence-corrected chi connectivity index (χ2v) is 7.64. The highest BCUT2D eigenvalue weighted by molar-refractivity contribution is 8.00. The van der Waals surface area contributed by atoms with Crippen LogP contribution in [0.3, 0.4) is 0 Å². The molecular formula is C13H23NO4S. The van der Waals surface area contributed by atoms with Crippen molar-refractivity contribution in [1.29, 1.82) is 0 Å². The van der Waals surface area contributed by atoms with Gasteiger partial charge in [0.1, 0.15) is 5.60 Å². The molecule has 0 aliphatic carbocycles. The number of amides is 1. The van der Waals surface area contributed by atoms with E-state index in [-0.39, 0.29) is 16.8 Å². The first kappa shape index (κ1) is 16.1. The average Bonchev–Trinajstić information content (AvgIpc) is 2.22. The van der Waals surface area contributed by atoms with Crippen molar-refractivity contribution in [3.8, 4) is 0 Å². The quantitative estimate of drug-likeness (QED) is 0.743. The SMILES string of the molecule is COC(=O)CCSC1(C)CN(C(=O)OC(C)(C)C)C1. The number of hydrogen-bond donors (Lipinski definition) is 0. The highest BCUT2D eigenvalue weighted by atomic mass is 32.2. The molecule has 19 heavy (non-hydrogen) atoms. The summed E-state index contributed by atoms with van der Waals surface area (Å²) in [6.45, 7) is 8.98. The van der Waals surface area contributed by atoms with E-state index in [0.29, 0.717) is 25.3 Å². The molecule has 0 bridgehead atoms. The third-order valence-corrected chi connectivity index (χ3v) is 4.05. The molecule has 0 aromatic heterocycles. The predicted octanol–water partition coefficient (Wildman–Crippen LogP) is 2.29. The van der Waals surface area contributed by atoms with Gasteiger partial charge in [0, 0.05) is 23.6 Å². The summed E-state index contributed by atoms with van der Waals surface area (Å²) < 4.78 is 9.91. The Kier molecular flexibility index (Phi) is 5.12. The summed E-state index contributed by atoms with van der Waals surface area (Å²) in [5.41, 5.74) is -0.457. The second-order valence-electron chi connectivity index (χ2n) is 5.96. The molecule has 1 rings (SSSR count). The van der Waals surface area contributed by atoms with Crippen molar-refractivity contribution in [3.63, 3.8) is 0 Å². The maximum absolute atomic E-state index is 11.8. The Bertz CT molecular complexity index is 345. The Morgan fingerprint density at radius 3 is 2.37 bits per heavy atom. The van der Waals surface area contributed by atoms with Gasteiger partial charge in [-0.15, -0.1) is 0 Å². The maximum Gasteiger partial charge on any atom is 0.410 e. The molecule has 0 aromatic rings. The van der Waals surface area contributed by atoms with Crippen LogP contribution >= 0.6 is 11.8 Å². The fraction of sp³-hybridized carbons (Fsp3) is 0.846. The number of ether oxygens (including phenoxy) is 2.